The molecule has 8 heteroatoms. The fourth-order valence-corrected chi connectivity index (χ4v) is 3.60. The van der Waals surface area contributed by atoms with Gasteiger partial charge in [-0.2, -0.15) is 0 Å². The van der Waals surface area contributed by atoms with Crippen LogP contribution in [0.5, 0.6) is 0 Å². The summed E-state index contributed by atoms with van der Waals surface area (Å²) < 4.78 is 0.136. The van der Waals surface area contributed by atoms with Crippen LogP contribution in [0.4, 0.5) is 5.69 Å². The molecule has 3 rings (SSSR count). The molecule has 1 heterocycles. The highest BCUT2D eigenvalue weighted by molar-refractivity contribution is 8.26. The molecule has 2 aromatic rings. The highest BCUT2D eigenvalue weighted by Crippen LogP contribution is 2.34. The molecule has 0 aliphatic carbocycles. The lowest BCUT2D eigenvalue weighted by Crippen LogP contribution is -2.34. The first-order chi connectivity index (χ1) is 12.4. The van der Waals surface area contributed by atoms with E-state index in [0.717, 1.165) is 22.2 Å². The van der Waals surface area contributed by atoms with Crippen LogP contribution in [0.3, 0.4) is 0 Å². The summed E-state index contributed by atoms with van der Waals surface area (Å²) in [5, 5.41) is 10.9. The number of hydrogen-bond acceptors (Lipinski definition) is 6. The Kier molecular flexibility index (Phi) is 4.97. The van der Waals surface area contributed by atoms with Crippen molar-refractivity contribution in [3.8, 4) is 0 Å². The summed E-state index contributed by atoms with van der Waals surface area (Å²) in [5.41, 5.74) is 1.77. The summed E-state index contributed by atoms with van der Waals surface area (Å²) in [6, 6.07) is 12.7. The second-order valence-electron chi connectivity index (χ2n) is 5.54. The highest BCUT2D eigenvalue weighted by Gasteiger charge is 2.37. The van der Waals surface area contributed by atoms with Crippen LogP contribution in [-0.2, 0) is 4.79 Å². The Bertz CT molecular complexity index is 967. The van der Waals surface area contributed by atoms with Crippen LogP contribution in [-0.4, -0.2) is 26.0 Å². The van der Waals surface area contributed by atoms with Crippen molar-refractivity contribution in [1.29, 1.82) is 0 Å². The normalized spacial score (nSPS) is 15.6. The van der Waals surface area contributed by atoms with Gasteiger partial charge in [-0.3, -0.25) is 19.7 Å². The SMILES string of the molecule is Cc1ccc(C(=O)N2C(=O)/C(=C\c3cccc([N+](=O)[O-])c3)SC2=S)cc1. The topological polar surface area (TPSA) is 80.5 Å². The van der Waals surface area contributed by atoms with E-state index >= 15 is 0 Å². The minimum absolute atomic E-state index is 0.0787. The molecule has 1 aliphatic rings. The minimum atomic E-state index is -0.530. The molecule has 2 aromatic carbocycles. The van der Waals surface area contributed by atoms with E-state index in [-0.39, 0.29) is 14.9 Å². The van der Waals surface area contributed by atoms with E-state index in [9.17, 15) is 19.7 Å². The molecule has 130 valence electrons. The van der Waals surface area contributed by atoms with E-state index in [2.05, 4.69) is 0 Å². The predicted octanol–water partition coefficient (Wildman–Crippen LogP) is 3.94. The Morgan fingerprint density at radius 2 is 1.92 bits per heavy atom. The van der Waals surface area contributed by atoms with Gasteiger partial charge in [-0.05, 0) is 30.7 Å². The second kappa shape index (κ2) is 7.19. The van der Waals surface area contributed by atoms with E-state index in [1.807, 2.05) is 6.92 Å². The number of nitrogens with zero attached hydrogens (tertiary/aromatic N) is 2. The number of carbonyl (C=O) groups excluding carboxylic acids is 2. The molecule has 0 bridgehead atoms. The number of imide groups is 1. The van der Waals surface area contributed by atoms with Crippen molar-refractivity contribution in [3.63, 3.8) is 0 Å². The van der Waals surface area contributed by atoms with Crippen LogP contribution in [0.15, 0.2) is 53.4 Å². The lowest BCUT2D eigenvalue weighted by molar-refractivity contribution is -0.384. The van der Waals surface area contributed by atoms with Gasteiger partial charge in [-0.25, -0.2) is 4.90 Å². The van der Waals surface area contributed by atoms with Crippen LogP contribution in [0.1, 0.15) is 21.5 Å². The first-order valence-electron chi connectivity index (χ1n) is 7.50. The number of benzene rings is 2. The number of rotatable bonds is 3. The van der Waals surface area contributed by atoms with Crippen molar-refractivity contribution in [3.05, 3.63) is 80.2 Å². The average Bonchev–Trinajstić information content (AvgIpc) is 2.89. The van der Waals surface area contributed by atoms with Gasteiger partial charge in [0.2, 0.25) is 0 Å². The van der Waals surface area contributed by atoms with E-state index in [4.69, 9.17) is 12.2 Å². The van der Waals surface area contributed by atoms with Crippen molar-refractivity contribution >= 4 is 51.9 Å². The molecule has 0 aromatic heterocycles. The maximum Gasteiger partial charge on any atom is 0.273 e. The fraction of sp³-hybridized carbons (Fsp3) is 0.0556. The van der Waals surface area contributed by atoms with Gasteiger partial charge in [-0.1, -0.05) is 53.8 Å². The van der Waals surface area contributed by atoms with Crippen molar-refractivity contribution < 1.29 is 14.5 Å². The smallest absolute Gasteiger partial charge is 0.268 e. The maximum absolute atomic E-state index is 12.6. The van der Waals surface area contributed by atoms with Crippen LogP contribution in [0.2, 0.25) is 0 Å². The second-order valence-corrected chi connectivity index (χ2v) is 7.22. The number of nitro benzene ring substituents is 1. The Labute approximate surface area is 158 Å². The molecule has 0 unspecified atom stereocenters. The zero-order valence-electron chi connectivity index (χ0n) is 13.5. The number of aryl methyl sites for hydroxylation is 1. The van der Waals surface area contributed by atoms with Gasteiger partial charge < -0.3 is 0 Å². The summed E-state index contributed by atoms with van der Waals surface area (Å²) >= 11 is 6.17. The number of thioether (sulfide) groups is 1. The zero-order valence-corrected chi connectivity index (χ0v) is 15.2. The number of non-ortho nitro benzene ring substituents is 1. The van der Waals surface area contributed by atoms with Crippen LogP contribution < -0.4 is 0 Å². The summed E-state index contributed by atoms with van der Waals surface area (Å²) in [4.78, 5) is 36.8. The van der Waals surface area contributed by atoms with Crippen molar-refractivity contribution in [2.45, 2.75) is 6.92 Å². The van der Waals surface area contributed by atoms with E-state index in [1.165, 1.54) is 24.3 Å². The van der Waals surface area contributed by atoms with Gasteiger partial charge in [-0.15, -0.1) is 0 Å². The van der Waals surface area contributed by atoms with Crippen LogP contribution >= 0.6 is 24.0 Å². The van der Waals surface area contributed by atoms with Crippen molar-refractivity contribution in [2.75, 3.05) is 0 Å². The Balaban J connectivity index is 1.89. The van der Waals surface area contributed by atoms with Crippen LogP contribution in [0.25, 0.3) is 6.08 Å². The van der Waals surface area contributed by atoms with Crippen molar-refractivity contribution in [1.82, 2.24) is 4.90 Å². The van der Waals surface area contributed by atoms with Gasteiger partial charge in [0.1, 0.15) is 0 Å². The lowest BCUT2D eigenvalue weighted by Gasteiger charge is -2.12. The first-order valence-corrected chi connectivity index (χ1v) is 8.73. The largest absolute Gasteiger partial charge is 0.273 e. The molecule has 0 spiro atoms. The average molecular weight is 384 g/mol. The van der Waals surface area contributed by atoms with Crippen LogP contribution in [0, 0.1) is 17.0 Å². The summed E-state index contributed by atoms with van der Waals surface area (Å²) in [5.74, 6) is -1.02. The lowest BCUT2D eigenvalue weighted by atomic mass is 10.1. The first kappa shape index (κ1) is 18.0. The third-order valence-electron chi connectivity index (χ3n) is 3.67. The maximum atomic E-state index is 12.6. The number of amides is 2. The molecule has 1 aliphatic heterocycles. The molecule has 26 heavy (non-hydrogen) atoms. The Hall–Kier alpha value is -2.84. The Morgan fingerprint density at radius 1 is 1.23 bits per heavy atom. The standard InChI is InChI=1S/C18H12N2O4S2/c1-11-5-7-13(8-6-11)16(21)19-17(22)15(26-18(19)25)10-12-3-2-4-14(9-12)20(23)24/h2-10H,1H3/b15-10+. The van der Waals surface area contributed by atoms with Gasteiger partial charge in [0, 0.05) is 17.7 Å². The zero-order chi connectivity index (χ0) is 18.8. The quantitative estimate of drug-likeness (QED) is 0.262. The van der Waals surface area contributed by atoms with Crippen molar-refractivity contribution in [2.24, 2.45) is 0 Å². The minimum Gasteiger partial charge on any atom is -0.268 e. The number of nitro groups is 1. The molecular formula is C18H12N2O4S2. The summed E-state index contributed by atoms with van der Waals surface area (Å²) in [7, 11) is 0. The molecule has 6 nitrogen and oxygen atoms in total. The van der Waals surface area contributed by atoms with Gasteiger partial charge in [0.25, 0.3) is 17.5 Å². The Morgan fingerprint density at radius 3 is 2.58 bits per heavy atom. The molecule has 0 atom stereocenters. The molecule has 1 fully saturated rings. The number of hydrogen-bond donors (Lipinski definition) is 0. The molecule has 1 saturated heterocycles. The third kappa shape index (κ3) is 3.56. The molecule has 0 radical (unpaired) electrons. The van der Waals surface area contributed by atoms with E-state index in [0.29, 0.717) is 11.1 Å². The predicted molar refractivity (Wildman–Crippen MR) is 104 cm³/mol. The fourth-order valence-electron chi connectivity index (χ4n) is 2.35. The van der Waals surface area contributed by atoms with Gasteiger partial charge in [0.05, 0.1) is 9.83 Å². The summed E-state index contributed by atoms with van der Waals surface area (Å²) in [6.45, 7) is 1.90. The van der Waals surface area contributed by atoms with E-state index < -0.39 is 16.7 Å². The molecule has 2 amide bonds. The monoisotopic (exact) mass is 384 g/mol. The highest BCUT2D eigenvalue weighted by atomic mass is 32.2. The van der Waals surface area contributed by atoms with Gasteiger partial charge >= 0.3 is 0 Å². The molecule has 0 saturated carbocycles. The third-order valence-corrected chi connectivity index (χ3v) is 4.98. The molecule has 0 N–H and O–H groups in total. The molecular weight excluding hydrogens is 372 g/mol. The van der Waals surface area contributed by atoms with E-state index in [1.54, 1.807) is 30.3 Å². The van der Waals surface area contributed by atoms with Gasteiger partial charge in [0.15, 0.2) is 4.32 Å². The number of thiocarbonyl (C=S) groups is 1. The summed E-state index contributed by atoms with van der Waals surface area (Å²) in [6.07, 6.45) is 1.49. The number of carbonyl (C=O) groups is 2.